The van der Waals surface area contributed by atoms with Gasteiger partial charge in [-0.2, -0.15) is 0 Å². The summed E-state index contributed by atoms with van der Waals surface area (Å²) in [7, 11) is 5.98. The lowest BCUT2D eigenvalue weighted by Crippen LogP contribution is -3.08. The summed E-state index contributed by atoms with van der Waals surface area (Å²) in [6.07, 6.45) is 0.888. The van der Waals surface area contributed by atoms with E-state index in [1.54, 1.807) is 0 Å². The second-order valence-electron chi connectivity index (χ2n) is 6.00. The van der Waals surface area contributed by atoms with Crippen molar-refractivity contribution < 1.29 is 14.5 Å². The van der Waals surface area contributed by atoms with E-state index in [0.29, 0.717) is 13.1 Å². The third-order valence-electron chi connectivity index (χ3n) is 3.44. The van der Waals surface area contributed by atoms with E-state index in [1.807, 2.05) is 28.1 Å². The molecular weight excluding hydrogens is 292 g/mol. The summed E-state index contributed by atoms with van der Waals surface area (Å²) in [6.45, 7) is 3.79. The number of hydrogen-bond donors (Lipinski definition) is 3. The van der Waals surface area contributed by atoms with E-state index in [9.17, 15) is 9.59 Å². The van der Waals surface area contributed by atoms with Gasteiger partial charge in [0.2, 0.25) is 5.91 Å². The second-order valence-corrected chi connectivity index (χ2v) is 6.00. The molecule has 0 aliphatic carbocycles. The number of nitrogens with zero attached hydrogens (tertiary/aromatic N) is 1. The van der Waals surface area contributed by atoms with Crippen LogP contribution in [0.3, 0.4) is 0 Å². The summed E-state index contributed by atoms with van der Waals surface area (Å²) in [5, 5.41) is 5.38. The molecule has 128 valence electrons. The second kappa shape index (κ2) is 9.84. The van der Waals surface area contributed by atoms with Crippen LogP contribution in [0.25, 0.3) is 0 Å². The minimum absolute atomic E-state index is 0.0453. The maximum absolute atomic E-state index is 11.8. The van der Waals surface area contributed by atoms with Gasteiger partial charge in [-0.05, 0) is 18.6 Å². The first-order valence-corrected chi connectivity index (χ1v) is 8.03. The van der Waals surface area contributed by atoms with Gasteiger partial charge in [-0.25, -0.2) is 0 Å². The number of nitrogens with one attached hydrogen (secondary N) is 3. The van der Waals surface area contributed by atoms with Crippen LogP contribution in [-0.4, -0.2) is 52.6 Å². The van der Waals surface area contributed by atoms with Crippen LogP contribution in [0.2, 0.25) is 0 Å². The molecule has 1 atom stereocenters. The Hall–Kier alpha value is -2.08. The number of anilines is 1. The summed E-state index contributed by atoms with van der Waals surface area (Å²) < 4.78 is 0. The van der Waals surface area contributed by atoms with Crippen molar-refractivity contribution in [2.75, 3.05) is 45.7 Å². The smallest absolute Gasteiger partial charge is 0.275 e. The topological polar surface area (TPSA) is 65.9 Å². The first-order chi connectivity index (χ1) is 10.9. The average Bonchev–Trinajstić information content (AvgIpc) is 2.51. The minimum Gasteiger partial charge on any atom is -0.378 e. The zero-order valence-corrected chi connectivity index (χ0v) is 14.6. The van der Waals surface area contributed by atoms with Crippen LogP contribution < -0.4 is 20.4 Å². The highest BCUT2D eigenvalue weighted by atomic mass is 16.2. The number of quaternary nitrogens is 1. The molecule has 0 saturated carbocycles. The van der Waals surface area contributed by atoms with Crippen LogP contribution in [0.1, 0.15) is 18.9 Å². The average molecular weight is 321 g/mol. The molecule has 3 N–H and O–H groups in total. The third-order valence-corrected chi connectivity index (χ3v) is 3.44. The van der Waals surface area contributed by atoms with Crippen LogP contribution in [-0.2, 0) is 16.1 Å². The Balaban J connectivity index is 2.33. The summed E-state index contributed by atoms with van der Waals surface area (Å²) in [5.74, 6) is -0.254. The quantitative estimate of drug-likeness (QED) is 0.570. The number of rotatable bonds is 9. The van der Waals surface area contributed by atoms with Crippen molar-refractivity contribution in [2.45, 2.75) is 19.9 Å². The molecule has 23 heavy (non-hydrogen) atoms. The Kier molecular flexibility index (Phi) is 8.11. The Morgan fingerprint density at radius 3 is 2.30 bits per heavy atom. The lowest BCUT2D eigenvalue weighted by Gasteiger charge is -2.16. The van der Waals surface area contributed by atoms with Gasteiger partial charge in [0.1, 0.15) is 6.54 Å². The van der Waals surface area contributed by atoms with Gasteiger partial charge in [-0.1, -0.05) is 19.1 Å². The number of hydrogen-bond acceptors (Lipinski definition) is 3. The molecule has 0 heterocycles. The summed E-state index contributed by atoms with van der Waals surface area (Å²) in [5.41, 5.74) is 2.34. The van der Waals surface area contributed by atoms with Crippen molar-refractivity contribution in [2.24, 2.45) is 0 Å². The lowest BCUT2D eigenvalue weighted by molar-refractivity contribution is -0.885. The standard InChI is InChI=1S/C17H28N4O2/c1-5-10-18-16(22)11-19-17(23)13-21(4)12-14-6-8-15(9-7-14)20(2)3/h6-9H,5,10-13H2,1-4H3,(H,18,22)(H,19,23)/p+1. The van der Waals surface area contributed by atoms with E-state index in [2.05, 4.69) is 39.8 Å². The number of benzene rings is 1. The van der Waals surface area contributed by atoms with Gasteiger partial charge in [0.05, 0.1) is 13.6 Å². The maximum Gasteiger partial charge on any atom is 0.275 e. The largest absolute Gasteiger partial charge is 0.378 e. The van der Waals surface area contributed by atoms with Crippen molar-refractivity contribution in [3.05, 3.63) is 29.8 Å². The number of carbonyl (C=O) groups excluding carboxylic acids is 2. The van der Waals surface area contributed by atoms with Gasteiger partial charge in [0.15, 0.2) is 6.54 Å². The van der Waals surface area contributed by atoms with E-state index in [-0.39, 0.29) is 18.4 Å². The van der Waals surface area contributed by atoms with Crippen LogP contribution in [0.5, 0.6) is 0 Å². The summed E-state index contributed by atoms with van der Waals surface area (Å²) >= 11 is 0. The molecule has 0 aliphatic heterocycles. The molecule has 6 nitrogen and oxygen atoms in total. The molecule has 0 radical (unpaired) electrons. The predicted molar refractivity (Wildman–Crippen MR) is 92.5 cm³/mol. The molecular formula is C17H29N4O2+. The number of likely N-dealkylation sites (N-methyl/N-ethyl adjacent to an activating group) is 1. The van der Waals surface area contributed by atoms with Gasteiger partial charge in [-0.15, -0.1) is 0 Å². The fourth-order valence-corrected chi connectivity index (χ4v) is 2.17. The SMILES string of the molecule is CCCNC(=O)CNC(=O)C[NH+](C)Cc1ccc(N(C)C)cc1. The Morgan fingerprint density at radius 2 is 1.74 bits per heavy atom. The zero-order chi connectivity index (χ0) is 17.2. The zero-order valence-electron chi connectivity index (χ0n) is 14.6. The van der Waals surface area contributed by atoms with E-state index in [1.165, 1.54) is 5.56 Å². The summed E-state index contributed by atoms with van der Waals surface area (Å²) in [6, 6.07) is 8.30. The maximum atomic E-state index is 11.8. The highest BCUT2D eigenvalue weighted by molar-refractivity contribution is 5.84. The molecule has 2 amide bonds. The molecule has 0 fully saturated rings. The first-order valence-electron chi connectivity index (χ1n) is 8.03. The molecule has 0 spiro atoms. The fourth-order valence-electron chi connectivity index (χ4n) is 2.17. The van der Waals surface area contributed by atoms with E-state index in [0.717, 1.165) is 23.6 Å². The van der Waals surface area contributed by atoms with Gasteiger partial charge in [0, 0.05) is 31.9 Å². The summed E-state index contributed by atoms with van der Waals surface area (Å²) in [4.78, 5) is 26.4. The molecule has 0 aliphatic rings. The number of carbonyl (C=O) groups is 2. The molecule has 0 aromatic heterocycles. The van der Waals surface area contributed by atoms with Crippen molar-refractivity contribution in [1.82, 2.24) is 10.6 Å². The first kappa shape index (κ1) is 19.0. The van der Waals surface area contributed by atoms with Gasteiger partial charge >= 0.3 is 0 Å². The van der Waals surface area contributed by atoms with Crippen molar-refractivity contribution in [1.29, 1.82) is 0 Å². The molecule has 0 bridgehead atoms. The van der Waals surface area contributed by atoms with Gasteiger partial charge in [0.25, 0.3) is 5.91 Å². The predicted octanol–water partition coefficient (Wildman–Crippen LogP) is -0.590. The fraction of sp³-hybridized carbons (Fsp3) is 0.529. The minimum atomic E-state index is -0.142. The normalized spacial score (nSPS) is 11.7. The van der Waals surface area contributed by atoms with Crippen LogP contribution >= 0.6 is 0 Å². The van der Waals surface area contributed by atoms with Crippen LogP contribution in [0.15, 0.2) is 24.3 Å². The monoisotopic (exact) mass is 321 g/mol. The van der Waals surface area contributed by atoms with Crippen molar-refractivity contribution >= 4 is 17.5 Å². The van der Waals surface area contributed by atoms with Crippen molar-refractivity contribution in [3.63, 3.8) is 0 Å². The van der Waals surface area contributed by atoms with Crippen LogP contribution in [0, 0.1) is 0 Å². The van der Waals surface area contributed by atoms with E-state index in [4.69, 9.17) is 0 Å². The van der Waals surface area contributed by atoms with Crippen molar-refractivity contribution in [3.8, 4) is 0 Å². The van der Waals surface area contributed by atoms with E-state index < -0.39 is 0 Å². The van der Waals surface area contributed by atoms with Gasteiger partial charge in [-0.3, -0.25) is 9.59 Å². The van der Waals surface area contributed by atoms with E-state index >= 15 is 0 Å². The highest BCUT2D eigenvalue weighted by Crippen LogP contribution is 2.11. The molecule has 0 saturated heterocycles. The lowest BCUT2D eigenvalue weighted by atomic mass is 10.2. The Bertz CT molecular complexity index is 500. The molecule has 1 unspecified atom stereocenters. The van der Waals surface area contributed by atoms with Gasteiger partial charge < -0.3 is 20.4 Å². The Labute approximate surface area is 138 Å². The molecule has 6 heteroatoms. The highest BCUT2D eigenvalue weighted by Gasteiger charge is 2.11. The Morgan fingerprint density at radius 1 is 1.09 bits per heavy atom. The molecule has 1 aromatic carbocycles. The van der Waals surface area contributed by atoms with Crippen LogP contribution in [0.4, 0.5) is 5.69 Å². The molecule has 1 rings (SSSR count). The number of amides is 2. The molecule has 1 aromatic rings. The third kappa shape index (κ3) is 7.65.